The lowest BCUT2D eigenvalue weighted by atomic mass is 9.74. The Morgan fingerprint density at radius 1 is 1.25 bits per heavy atom. The summed E-state index contributed by atoms with van der Waals surface area (Å²) in [5, 5.41) is 4.79. The average Bonchev–Trinajstić information content (AvgIpc) is 3.03. The van der Waals surface area contributed by atoms with Crippen LogP contribution in [-0.2, 0) is 22.1 Å². The van der Waals surface area contributed by atoms with Crippen molar-refractivity contribution in [3.8, 4) is 0 Å². The Hall–Kier alpha value is -1.44. The number of rotatable bonds is 9. The molecule has 132 valence electrons. The Balaban J connectivity index is 2.42. The molecule has 0 aliphatic heterocycles. The SMILES string of the molecule is CCCCC(CCS(=O)(=O)O)(Cn1cncn1)c1ccc(Cl)cc1. The van der Waals surface area contributed by atoms with Crippen LogP contribution in [0.5, 0.6) is 0 Å². The van der Waals surface area contributed by atoms with Crippen molar-refractivity contribution in [2.45, 2.75) is 44.6 Å². The van der Waals surface area contributed by atoms with E-state index >= 15 is 0 Å². The summed E-state index contributed by atoms with van der Waals surface area (Å²) < 4.78 is 33.6. The Labute approximate surface area is 147 Å². The van der Waals surface area contributed by atoms with E-state index in [0.29, 0.717) is 18.0 Å². The summed E-state index contributed by atoms with van der Waals surface area (Å²) in [6, 6.07) is 7.43. The lowest BCUT2D eigenvalue weighted by Gasteiger charge is -2.34. The highest BCUT2D eigenvalue weighted by atomic mass is 35.5. The minimum Gasteiger partial charge on any atom is -0.286 e. The van der Waals surface area contributed by atoms with Gasteiger partial charge in [-0.25, -0.2) is 4.98 Å². The van der Waals surface area contributed by atoms with E-state index in [1.807, 2.05) is 12.1 Å². The second-order valence-corrected chi connectivity index (χ2v) is 8.03. The minimum absolute atomic E-state index is 0.298. The van der Waals surface area contributed by atoms with Crippen molar-refractivity contribution in [3.63, 3.8) is 0 Å². The van der Waals surface area contributed by atoms with Crippen LogP contribution < -0.4 is 0 Å². The van der Waals surface area contributed by atoms with Gasteiger partial charge in [-0.3, -0.25) is 9.23 Å². The maximum atomic E-state index is 11.3. The highest BCUT2D eigenvalue weighted by Crippen LogP contribution is 2.36. The molecule has 1 heterocycles. The monoisotopic (exact) mass is 371 g/mol. The third kappa shape index (κ3) is 5.29. The van der Waals surface area contributed by atoms with Gasteiger partial charge in [0.1, 0.15) is 12.7 Å². The molecular weight excluding hydrogens is 350 g/mol. The summed E-state index contributed by atoms with van der Waals surface area (Å²) in [6.45, 7) is 2.58. The number of halogens is 1. The fourth-order valence-corrected chi connectivity index (χ4v) is 3.71. The zero-order chi connectivity index (χ0) is 17.6. The molecule has 0 amide bonds. The molecule has 1 unspecified atom stereocenters. The molecule has 2 aromatic rings. The van der Waals surface area contributed by atoms with Gasteiger partial charge in [0.25, 0.3) is 10.1 Å². The van der Waals surface area contributed by atoms with Crippen LogP contribution in [0.4, 0.5) is 0 Å². The summed E-state index contributed by atoms with van der Waals surface area (Å²) in [4.78, 5) is 3.97. The van der Waals surface area contributed by atoms with Gasteiger partial charge in [-0.05, 0) is 30.5 Å². The molecule has 1 atom stereocenters. The molecule has 2 rings (SSSR count). The number of nitrogens with zero attached hydrogens (tertiary/aromatic N) is 3. The summed E-state index contributed by atoms with van der Waals surface area (Å²) in [7, 11) is -4.05. The van der Waals surface area contributed by atoms with Crippen molar-refractivity contribution in [2.24, 2.45) is 0 Å². The molecule has 1 aromatic carbocycles. The zero-order valence-corrected chi connectivity index (χ0v) is 15.2. The fraction of sp³-hybridized carbons (Fsp3) is 0.500. The van der Waals surface area contributed by atoms with Crippen molar-refractivity contribution in [3.05, 3.63) is 47.5 Å². The van der Waals surface area contributed by atoms with Crippen LogP contribution in [0.2, 0.25) is 5.02 Å². The normalized spacial score (nSPS) is 14.5. The molecule has 1 aromatic heterocycles. The predicted molar refractivity (Wildman–Crippen MR) is 93.7 cm³/mol. The summed E-state index contributed by atoms with van der Waals surface area (Å²) in [6.07, 6.45) is 6.06. The molecule has 0 saturated heterocycles. The maximum Gasteiger partial charge on any atom is 0.264 e. The van der Waals surface area contributed by atoms with Gasteiger partial charge in [0.2, 0.25) is 0 Å². The second-order valence-electron chi connectivity index (χ2n) is 6.02. The molecule has 1 N–H and O–H groups in total. The van der Waals surface area contributed by atoms with Crippen LogP contribution in [0.1, 0.15) is 38.2 Å². The summed E-state index contributed by atoms with van der Waals surface area (Å²) >= 11 is 6.00. The smallest absolute Gasteiger partial charge is 0.264 e. The van der Waals surface area contributed by atoms with Crippen LogP contribution in [-0.4, -0.2) is 33.5 Å². The first-order chi connectivity index (χ1) is 11.3. The lowest BCUT2D eigenvalue weighted by molar-refractivity contribution is 0.299. The molecule has 0 saturated carbocycles. The standard InChI is InChI=1S/C16H22ClN3O3S/c1-2-3-8-16(9-10-24(21,22)23,11-20-13-18-12-19-20)14-4-6-15(17)7-5-14/h4-7,12-13H,2-3,8-11H2,1H3,(H,21,22,23). The van der Waals surface area contributed by atoms with Crippen LogP contribution in [0.15, 0.2) is 36.9 Å². The van der Waals surface area contributed by atoms with Crippen LogP contribution in [0.25, 0.3) is 0 Å². The molecule has 0 bridgehead atoms. The van der Waals surface area contributed by atoms with Gasteiger partial charge >= 0.3 is 0 Å². The van der Waals surface area contributed by atoms with E-state index in [1.165, 1.54) is 6.33 Å². The molecular formula is C16H22ClN3O3S. The maximum absolute atomic E-state index is 11.3. The van der Waals surface area contributed by atoms with Crippen LogP contribution >= 0.6 is 11.6 Å². The molecule has 6 nitrogen and oxygen atoms in total. The van der Waals surface area contributed by atoms with E-state index in [1.54, 1.807) is 23.1 Å². The van der Waals surface area contributed by atoms with E-state index in [0.717, 1.165) is 24.8 Å². The third-order valence-corrected chi connectivity index (χ3v) is 5.21. The number of aromatic nitrogens is 3. The average molecular weight is 372 g/mol. The van der Waals surface area contributed by atoms with Crippen LogP contribution in [0, 0.1) is 0 Å². The lowest BCUT2D eigenvalue weighted by Crippen LogP contribution is -2.34. The minimum atomic E-state index is -4.05. The molecule has 0 fully saturated rings. The Morgan fingerprint density at radius 2 is 1.96 bits per heavy atom. The zero-order valence-electron chi connectivity index (χ0n) is 13.6. The van der Waals surface area contributed by atoms with E-state index in [9.17, 15) is 13.0 Å². The van der Waals surface area contributed by atoms with Gasteiger partial charge in [-0.2, -0.15) is 13.5 Å². The predicted octanol–water partition coefficient (Wildman–Crippen LogP) is 3.34. The number of hydrogen-bond acceptors (Lipinski definition) is 4. The summed E-state index contributed by atoms with van der Waals surface area (Å²) in [5.41, 5.74) is 0.517. The highest BCUT2D eigenvalue weighted by molar-refractivity contribution is 7.85. The van der Waals surface area contributed by atoms with Crippen molar-refractivity contribution in [1.29, 1.82) is 0 Å². The first-order valence-corrected chi connectivity index (χ1v) is 9.87. The van der Waals surface area contributed by atoms with E-state index in [-0.39, 0.29) is 5.75 Å². The van der Waals surface area contributed by atoms with Crippen molar-refractivity contribution in [2.75, 3.05) is 5.75 Å². The van der Waals surface area contributed by atoms with Crippen molar-refractivity contribution in [1.82, 2.24) is 14.8 Å². The molecule has 0 aliphatic rings. The van der Waals surface area contributed by atoms with Gasteiger partial charge in [0.15, 0.2) is 0 Å². The molecule has 0 radical (unpaired) electrons. The number of benzene rings is 1. The number of unbranched alkanes of at least 4 members (excludes halogenated alkanes) is 1. The van der Waals surface area contributed by atoms with E-state index in [4.69, 9.17) is 11.6 Å². The topological polar surface area (TPSA) is 85.1 Å². The quantitative estimate of drug-likeness (QED) is 0.683. The molecule has 24 heavy (non-hydrogen) atoms. The first kappa shape index (κ1) is 18.9. The fourth-order valence-electron chi connectivity index (χ4n) is 2.93. The Kier molecular flexibility index (Phi) is 6.37. The van der Waals surface area contributed by atoms with Crippen molar-refractivity contribution >= 4 is 21.7 Å². The largest absolute Gasteiger partial charge is 0.286 e. The van der Waals surface area contributed by atoms with Gasteiger partial charge < -0.3 is 0 Å². The third-order valence-electron chi connectivity index (χ3n) is 4.24. The van der Waals surface area contributed by atoms with Gasteiger partial charge in [0.05, 0.1) is 12.3 Å². The van der Waals surface area contributed by atoms with Gasteiger partial charge in [-0.15, -0.1) is 0 Å². The van der Waals surface area contributed by atoms with E-state index < -0.39 is 15.5 Å². The Bertz CT molecular complexity index is 732. The molecule has 8 heteroatoms. The van der Waals surface area contributed by atoms with Gasteiger partial charge in [-0.1, -0.05) is 43.5 Å². The summed E-state index contributed by atoms with van der Waals surface area (Å²) in [5.74, 6) is -0.298. The van der Waals surface area contributed by atoms with Crippen LogP contribution in [0.3, 0.4) is 0 Å². The second kappa shape index (κ2) is 8.09. The van der Waals surface area contributed by atoms with E-state index in [2.05, 4.69) is 17.0 Å². The van der Waals surface area contributed by atoms with Crippen molar-refractivity contribution < 1.29 is 13.0 Å². The number of hydrogen-bond donors (Lipinski definition) is 1. The highest BCUT2D eigenvalue weighted by Gasteiger charge is 2.34. The first-order valence-electron chi connectivity index (χ1n) is 7.88. The molecule has 0 aliphatic carbocycles. The molecule has 0 spiro atoms. The van der Waals surface area contributed by atoms with Gasteiger partial charge in [0, 0.05) is 10.4 Å². The Morgan fingerprint density at radius 3 is 2.50 bits per heavy atom.